The molecular weight excluding hydrogens is 388 g/mol. The van der Waals surface area contributed by atoms with Gasteiger partial charge in [0.05, 0.1) is 19.7 Å². The zero-order valence-corrected chi connectivity index (χ0v) is 17.1. The summed E-state index contributed by atoms with van der Waals surface area (Å²) in [5, 5.41) is 0.701. The maximum absolute atomic E-state index is 12.9. The number of aromatic nitrogens is 1. The summed E-state index contributed by atoms with van der Waals surface area (Å²) in [4.78, 5) is 19.3. The summed E-state index contributed by atoms with van der Waals surface area (Å²) in [5.41, 5.74) is 2.01. The van der Waals surface area contributed by atoms with Crippen LogP contribution in [0.15, 0.2) is 59.1 Å². The second-order valence-electron chi connectivity index (χ2n) is 7.24. The lowest BCUT2D eigenvalue weighted by atomic mass is 10.1. The summed E-state index contributed by atoms with van der Waals surface area (Å²) in [6, 6.07) is 15.2. The van der Waals surface area contributed by atoms with Gasteiger partial charge in [-0.2, -0.15) is 0 Å². The van der Waals surface area contributed by atoms with Crippen molar-refractivity contribution in [3.8, 4) is 5.75 Å². The third-order valence-electron chi connectivity index (χ3n) is 5.19. The van der Waals surface area contributed by atoms with Crippen LogP contribution in [-0.4, -0.2) is 29.4 Å². The number of halogens is 1. The molecule has 4 rings (SSSR count). The van der Waals surface area contributed by atoms with Crippen LogP contribution < -0.4 is 4.74 Å². The molecule has 5 nitrogen and oxygen atoms in total. The average molecular weight is 411 g/mol. The van der Waals surface area contributed by atoms with Gasteiger partial charge >= 0.3 is 0 Å². The van der Waals surface area contributed by atoms with Gasteiger partial charge in [0.15, 0.2) is 0 Å². The van der Waals surface area contributed by atoms with Crippen molar-refractivity contribution in [2.75, 3.05) is 13.7 Å². The number of hydrogen-bond acceptors (Lipinski definition) is 4. The molecule has 1 atom stereocenters. The van der Waals surface area contributed by atoms with Gasteiger partial charge in [0, 0.05) is 18.0 Å². The van der Waals surface area contributed by atoms with E-state index in [1.54, 1.807) is 13.3 Å². The maximum atomic E-state index is 12.9. The second-order valence-corrected chi connectivity index (χ2v) is 7.68. The molecule has 1 saturated heterocycles. The van der Waals surface area contributed by atoms with Crippen LogP contribution in [0.25, 0.3) is 0 Å². The Bertz CT molecular complexity index is 1000. The monoisotopic (exact) mass is 410 g/mol. The Morgan fingerprint density at radius 2 is 2.07 bits per heavy atom. The van der Waals surface area contributed by atoms with Gasteiger partial charge in [-0.25, -0.2) is 4.98 Å². The minimum Gasteiger partial charge on any atom is -0.497 e. The van der Waals surface area contributed by atoms with Gasteiger partial charge in [-0.1, -0.05) is 35.9 Å². The highest BCUT2D eigenvalue weighted by Gasteiger charge is 2.33. The topological polar surface area (TPSA) is 55.6 Å². The van der Waals surface area contributed by atoms with Crippen molar-refractivity contribution in [1.82, 2.24) is 9.88 Å². The number of methoxy groups -OCH3 is 1. The number of oxazole rings is 1. The Morgan fingerprint density at radius 1 is 1.24 bits per heavy atom. The summed E-state index contributed by atoms with van der Waals surface area (Å²) in [5.74, 6) is 2.22. The molecule has 1 fully saturated rings. The Balaban J connectivity index is 1.45. The summed E-state index contributed by atoms with van der Waals surface area (Å²) < 4.78 is 11.3. The van der Waals surface area contributed by atoms with Crippen LogP contribution in [0.1, 0.15) is 41.7 Å². The molecule has 150 valence electrons. The first kappa shape index (κ1) is 19.5. The van der Waals surface area contributed by atoms with E-state index in [0.717, 1.165) is 42.0 Å². The van der Waals surface area contributed by atoms with E-state index in [2.05, 4.69) is 4.98 Å². The van der Waals surface area contributed by atoms with Crippen LogP contribution in [0, 0.1) is 0 Å². The molecule has 1 aromatic heterocycles. The van der Waals surface area contributed by atoms with Crippen LogP contribution in [0.2, 0.25) is 5.02 Å². The molecule has 0 bridgehead atoms. The van der Waals surface area contributed by atoms with Crippen LogP contribution in [0.3, 0.4) is 0 Å². The first-order chi connectivity index (χ1) is 14.1. The number of likely N-dealkylation sites (tertiary alicyclic amines) is 1. The fraction of sp³-hybridized carbons (Fsp3) is 0.304. The van der Waals surface area contributed by atoms with Crippen LogP contribution in [0.4, 0.5) is 0 Å². The summed E-state index contributed by atoms with van der Waals surface area (Å²) in [7, 11) is 1.63. The predicted octanol–water partition coefficient (Wildman–Crippen LogP) is 4.83. The van der Waals surface area contributed by atoms with E-state index in [4.69, 9.17) is 20.8 Å². The summed E-state index contributed by atoms with van der Waals surface area (Å²) >= 11 is 6.06. The summed E-state index contributed by atoms with van der Waals surface area (Å²) in [6.45, 7) is 0.722. The Hall–Kier alpha value is -2.79. The second kappa shape index (κ2) is 8.70. The number of benzene rings is 2. The minimum absolute atomic E-state index is 0.0790. The van der Waals surface area contributed by atoms with Crippen molar-refractivity contribution in [3.05, 3.63) is 82.5 Å². The number of hydrogen-bond donors (Lipinski definition) is 0. The van der Waals surface area contributed by atoms with Gasteiger partial charge in [0.2, 0.25) is 11.8 Å². The van der Waals surface area contributed by atoms with E-state index in [1.807, 2.05) is 53.4 Å². The number of rotatable bonds is 6. The van der Waals surface area contributed by atoms with Gasteiger partial charge in [-0.15, -0.1) is 0 Å². The smallest absolute Gasteiger partial charge is 0.227 e. The number of ether oxygens (including phenoxy) is 1. The van der Waals surface area contributed by atoms with E-state index < -0.39 is 0 Å². The highest BCUT2D eigenvalue weighted by molar-refractivity contribution is 6.30. The highest BCUT2D eigenvalue weighted by atomic mass is 35.5. The van der Waals surface area contributed by atoms with Gasteiger partial charge < -0.3 is 14.1 Å². The van der Waals surface area contributed by atoms with Crippen LogP contribution >= 0.6 is 11.6 Å². The number of nitrogens with zero attached hydrogens (tertiary/aromatic N) is 2. The van der Waals surface area contributed by atoms with Gasteiger partial charge in [0.25, 0.3) is 0 Å². The number of carbonyl (C=O) groups excluding carboxylic acids is 1. The molecule has 0 aliphatic carbocycles. The Labute approximate surface area is 175 Å². The van der Waals surface area contributed by atoms with E-state index in [0.29, 0.717) is 23.8 Å². The number of amides is 1. The fourth-order valence-corrected chi connectivity index (χ4v) is 4.00. The standard InChI is InChI=1S/C23H23ClN2O3/c1-28-19-8-3-6-17(12-19)14-22(27)26-10-4-9-21(26)23-25-15-20(29-23)13-16-5-2-7-18(24)11-16/h2-3,5-8,11-12,15,21H,4,9-10,13-14H2,1H3/t21-/m1/s1. The highest BCUT2D eigenvalue weighted by Crippen LogP contribution is 2.32. The molecule has 29 heavy (non-hydrogen) atoms. The first-order valence-corrected chi connectivity index (χ1v) is 10.1. The zero-order chi connectivity index (χ0) is 20.2. The molecule has 0 spiro atoms. The largest absolute Gasteiger partial charge is 0.497 e. The third kappa shape index (κ3) is 4.62. The Kier molecular flexibility index (Phi) is 5.86. The SMILES string of the molecule is COc1cccc(CC(=O)N2CCC[C@@H]2c2ncc(Cc3cccc(Cl)c3)o2)c1. The molecule has 2 aromatic carbocycles. The molecule has 0 saturated carbocycles. The van der Waals surface area contributed by atoms with Gasteiger partial charge in [0.1, 0.15) is 17.6 Å². The van der Waals surface area contributed by atoms with Crippen molar-refractivity contribution in [2.24, 2.45) is 0 Å². The minimum atomic E-state index is -0.110. The molecular formula is C23H23ClN2O3. The molecule has 0 unspecified atom stereocenters. The van der Waals surface area contributed by atoms with E-state index in [1.165, 1.54) is 0 Å². The molecule has 1 aliphatic heterocycles. The quantitative estimate of drug-likeness (QED) is 0.583. The normalized spacial score (nSPS) is 16.2. The van der Waals surface area contributed by atoms with Crippen molar-refractivity contribution in [2.45, 2.75) is 31.7 Å². The van der Waals surface area contributed by atoms with Gasteiger partial charge in [-0.05, 0) is 48.2 Å². The molecule has 1 amide bonds. The van der Waals surface area contributed by atoms with Crippen LogP contribution in [-0.2, 0) is 17.6 Å². The molecule has 3 aromatic rings. The zero-order valence-electron chi connectivity index (χ0n) is 16.3. The lowest BCUT2D eigenvalue weighted by Crippen LogP contribution is -2.32. The van der Waals surface area contributed by atoms with E-state index in [-0.39, 0.29) is 11.9 Å². The molecule has 2 heterocycles. The molecule has 6 heteroatoms. The maximum Gasteiger partial charge on any atom is 0.227 e. The van der Waals surface area contributed by atoms with Crippen molar-refractivity contribution < 1.29 is 13.9 Å². The predicted molar refractivity (Wildman–Crippen MR) is 111 cm³/mol. The summed E-state index contributed by atoms with van der Waals surface area (Å²) in [6.07, 6.45) is 4.52. The Morgan fingerprint density at radius 3 is 2.90 bits per heavy atom. The molecule has 1 aliphatic rings. The van der Waals surface area contributed by atoms with E-state index >= 15 is 0 Å². The van der Waals surface area contributed by atoms with Crippen molar-refractivity contribution in [1.29, 1.82) is 0 Å². The van der Waals surface area contributed by atoms with E-state index in [9.17, 15) is 4.79 Å². The lowest BCUT2D eigenvalue weighted by Gasteiger charge is -2.22. The lowest BCUT2D eigenvalue weighted by molar-refractivity contribution is -0.131. The molecule has 0 N–H and O–H groups in total. The van der Waals surface area contributed by atoms with Crippen LogP contribution in [0.5, 0.6) is 5.75 Å². The molecule has 0 radical (unpaired) electrons. The third-order valence-corrected chi connectivity index (χ3v) is 5.42. The average Bonchev–Trinajstić information content (AvgIpc) is 3.37. The van der Waals surface area contributed by atoms with Crippen molar-refractivity contribution >= 4 is 17.5 Å². The fourth-order valence-electron chi connectivity index (χ4n) is 3.79. The van der Waals surface area contributed by atoms with Gasteiger partial charge in [-0.3, -0.25) is 4.79 Å². The number of carbonyl (C=O) groups is 1. The first-order valence-electron chi connectivity index (χ1n) is 9.74. The van der Waals surface area contributed by atoms with Crippen molar-refractivity contribution in [3.63, 3.8) is 0 Å².